The van der Waals surface area contributed by atoms with Gasteiger partial charge in [-0.15, -0.1) is 0 Å². The third-order valence-corrected chi connectivity index (χ3v) is 5.45. The number of nitrogens with zero attached hydrogens (tertiary/aromatic N) is 1. The number of methoxy groups -OCH3 is 1. The van der Waals surface area contributed by atoms with E-state index in [2.05, 4.69) is 5.32 Å². The highest BCUT2D eigenvalue weighted by Crippen LogP contribution is 2.25. The highest BCUT2D eigenvalue weighted by molar-refractivity contribution is 7.89. The summed E-state index contributed by atoms with van der Waals surface area (Å²) in [7, 11) is -2.20. The first-order valence-corrected chi connectivity index (χ1v) is 8.99. The molecule has 8 heteroatoms. The lowest BCUT2D eigenvalue weighted by Gasteiger charge is -2.26. The second-order valence-electron chi connectivity index (χ2n) is 5.13. The normalized spacial score (nSPS) is 16.1. The van der Waals surface area contributed by atoms with Crippen molar-refractivity contribution in [2.75, 3.05) is 40.0 Å². The molecule has 2 rings (SSSR count). The molecule has 0 aromatic heterocycles. The number of amides is 1. The Labute approximate surface area is 136 Å². The van der Waals surface area contributed by atoms with Crippen LogP contribution in [0.5, 0.6) is 5.75 Å². The van der Waals surface area contributed by atoms with E-state index in [0.717, 1.165) is 6.42 Å². The molecule has 1 aromatic rings. The van der Waals surface area contributed by atoms with Gasteiger partial charge in [-0.3, -0.25) is 4.79 Å². The highest BCUT2D eigenvalue weighted by atomic mass is 32.2. The Balaban J connectivity index is 2.34. The fraction of sp³-hybridized carbons (Fsp3) is 0.533. The summed E-state index contributed by atoms with van der Waals surface area (Å²) in [6.07, 6.45) is 0.791. The molecule has 1 aliphatic heterocycles. The Kier molecular flexibility index (Phi) is 5.97. The Morgan fingerprint density at radius 3 is 2.65 bits per heavy atom. The predicted octanol–water partition coefficient (Wildman–Crippen LogP) is 0.856. The number of benzene rings is 1. The van der Waals surface area contributed by atoms with Crippen LogP contribution in [0.2, 0.25) is 0 Å². The molecule has 1 N–H and O–H groups in total. The smallest absolute Gasteiger partial charge is 0.255 e. The molecular formula is C15H22N2O5S. The fourth-order valence-electron chi connectivity index (χ4n) is 2.29. The maximum atomic E-state index is 12.7. The molecule has 0 spiro atoms. The van der Waals surface area contributed by atoms with E-state index in [-0.39, 0.29) is 16.4 Å². The van der Waals surface area contributed by atoms with Gasteiger partial charge in [0.15, 0.2) is 0 Å². The number of carbonyl (C=O) groups is 1. The summed E-state index contributed by atoms with van der Waals surface area (Å²) in [5.74, 6) is 0.00209. The van der Waals surface area contributed by atoms with Crippen LogP contribution < -0.4 is 10.1 Å². The second-order valence-corrected chi connectivity index (χ2v) is 7.07. The van der Waals surface area contributed by atoms with E-state index in [1.807, 2.05) is 6.92 Å². The summed E-state index contributed by atoms with van der Waals surface area (Å²) in [6.45, 7) is 3.83. The van der Waals surface area contributed by atoms with Crippen LogP contribution in [0, 0.1) is 0 Å². The van der Waals surface area contributed by atoms with Crippen LogP contribution >= 0.6 is 0 Å². The van der Waals surface area contributed by atoms with Crippen molar-refractivity contribution in [1.82, 2.24) is 9.62 Å². The minimum absolute atomic E-state index is 0.0850. The van der Waals surface area contributed by atoms with Gasteiger partial charge in [-0.1, -0.05) is 6.92 Å². The first kappa shape index (κ1) is 17.7. The molecule has 0 bridgehead atoms. The van der Waals surface area contributed by atoms with E-state index >= 15 is 0 Å². The second kappa shape index (κ2) is 7.76. The zero-order chi connectivity index (χ0) is 16.9. The fourth-order valence-corrected chi connectivity index (χ4v) is 3.73. The maximum Gasteiger partial charge on any atom is 0.255 e. The monoisotopic (exact) mass is 342 g/mol. The van der Waals surface area contributed by atoms with Crippen LogP contribution in [0.4, 0.5) is 0 Å². The van der Waals surface area contributed by atoms with Gasteiger partial charge >= 0.3 is 0 Å². The molecule has 0 aliphatic carbocycles. The average molecular weight is 342 g/mol. The Hall–Kier alpha value is -1.64. The van der Waals surface area contributed by atoms with Crippen LogP contribution in [0.25, 0.3) is 0 Å². The van der Waals surface area contributed by atoms with E-state index in [4.69, 9.17) is 9.47 Å². The first-order valence-electron chi connectivity index (χ1n) is 7.55. The van der Waals surface area contributed by atoms with Gasteiger partial charge in [0.25, 0.3) is 5.91 Å². The molecule has 1 aromatic carbocycles. The Morgan fingerprint density at radius 1 is 1.35 bits per heavy atom. The van der Waals surface area contributed by atoms with Crippen LogP contribution in [-0.4, -0.2) is 58.6 Å². The van der Waals surface area contributed by atoms with E-state index in [0.29, 0.717) is 38.6 Å². The minimum Gasteiger partial charge on any atom is -0.496 e. The zero-order valence-electron chi connectivity index (χ0n) is 13.4. The quantitative estimate of drug-likeness (QED) is 0.829. The lowest BCUT2D eigenvalue weighted by molar-refractivity contribution is 0.0730. The van der Waals surface area contributed by atoms with E-state index in [1.54, 1.807) is 0 Å². The van der Waals surface area contributed by atoms with Crippen LogP contribution in [0.3, 0.4) is 0 Å². The molecule has 128 valence electrons. The van der Waals surface area contributed by atoms with Crippen LogP contribution in [-0.2, 0) is 14.8 Å². The molecule has 1 aliphatic rings. The lowest BCUT2D eigenvalue weighted by atomic mass is 10.2. The van der Waals surface area contributed by atoms with Gasteiger partial charge in [-0.05, 0) is 24.6 Å². The van der Waals surface area contributed by atoms with Crippen molar-refractivity contribution >= 4 is 15.9 Å². The molecule has 1 fully saturated rings. The number of sulfonamides is 1. The summed E-state index contributed by atoms with van der Waals surface area (Å²) < 4.78 is 37.1. The van der Waals surface area contributed by atoms with Gasteiger partial charge in [0, 0.05) is 19.6 Å². The van der Waals surface area contributed by atoms with Gasteiger partial charge < -0.3 is 14.8 Å². The van der Waals surface area contributed by atoms with E-state index < -0.39 is 10.0 Å². The number of morpholine rings is 1. The summed E-state index contributed by atoms with van der Waals surface area (Å²) in [5, 5.41) is 2.73. The summed E-state index contributed by atoms with van der Waals surface area (Å²) in [5.41, 5.74) is 0.218. The molecule has 1 heterocycles. The topological polar surface area (TPSA) is 84.9 Å². The molecule has 0 atom stereocenters. The standard InChI is InChI=1S/C15H22N2O5S/c1-3-6-16-15(18)13-11-12(4-5-14(13)21-2)23(19,20)17-7-9-22-10-8-17/h4-5,11H,3,6-10H2,1-2H3,(H,16,18). The number of hydrogen-bond donors (Lipinski definition) is 1. The van der Waals surface area contributed by atoms with Crippen molar-refractivity contribution in [2.24, 2.45) is 0 Å². The summed E-state index contributed by atoms with van der Waals surface area (Å²) in [4.78, 5) is 12.3. The predicted molar refractivity (Wildman–Crippen MR) is 85.2 cm³/mol. The SMILES string of the molecule is CCCNC(=O)c1cc(S(=O)(=O)N2CCOCC2)ccc1OC. The molecule has 0 radical (unpaired) electrons. The van der Waals surface area contributed by atoms with Gasteiger partial charge in [0.1, 0.15) is 5.75 Å². The number of rotatable bonds is 6. The molecule has 23 heavy (non-hydrogen) atoms. The average Bonchev–Trinajstić information content (AvgIpc) is 2.59. The van der Waals surface area contributed by atoms with Gasteiger partial charge in [0.05, 0.1) is 30.8 Å². The summed E-state index contributed by atoms with van der Waals surface area (Å²) >= 11 is 0. The van der Waals surface area contributed by atoms with Crippen LogP contribution in [0.15, 0.2) is 23.1 Å². The molecule has 0 saturated carbocycles. The first-order chi connectivity index (χ1) is 11.0. The number of carbonyl (C=O) groups excluding carboxylic acids is 1. The lowest BCUT2D eigenvalue weighted by Crippen LogP contribution is -2.40. The van der Waals surface area contributed by atoms with Crippen molar-refractivity contribution in [2.45, 2.75) is 18.2 Å². The maximum absolute atomic E-state index is 12.7. The van der Waals surface area contributed by atoms with Gasteiger partial charge in [-0.25, -0.2) is 8.42 Å². The Morgan fingerprint density at radius 2 is 2.04 bits per heavy atom. The van der Waals surface area contributed by atoms with Gasteiger partial charge in [0.2, 0.25) is 10.0 Å². The van der Waals surface area contributed by atoms with Crippen molar-refractivity contribution in [3.63, 3.8) is 0 Å². The van der Waals surface area contributed by atoms with E-state index in [1.165, 1.54) is 29.6 Å². The zero-order valence-corrected chi connectivity index (χ0v) is 14.2. The van der Waals surface area contributed by atoms with Crippen molar-refractivity contribution in [1.29, 1.82) is 0 Å². The highest BCUT2D eigenvalue weighted by Gasteiger charge is 2.27. The number of hydrogen-bond acceptors (Lipinski definition) is 5. The third-order valence-electron chi connectivity index (χ3n) is 3.56. The third kappa shape index (κ3) is 4.01. The van der Waals surface area contributed by atoms with Crippen LogP contribution in [0.1, 0.15) is 23.7 Å². The van der Waals surface area contributed by atoms with Crippen molar-refractivity contribution in [3.8, 4) is 5.75 Å². The minimum atomic E-state index is -3.65. The molecule has 7 nitrogen and oxygen atoms in total. The molecular weight excluding hydrogens is 320 g/mol. The number of nitrogens with one attached hydrogen (secondary N) is 1. The molecule has 0 unspecified atom stereocenters. The molecule has 1 saturated heterocycles. The summed E-state index contributed by atoms with van der Waals surface area (Å²) in [6, 6.07) is 4.34. The Bertz CT molecular complexity index is 654. The molecule has 1 amide bonds. The largest absolute Gasteiger partial charge is 0.496 e. The van der Waals surface area contributed by atoms with E-state index in [9.17, 15) is 13.2 Å². The van der Waals surface area contributed by atoms with Crippen molar-refractivity contribution < 1.29 is 22.7 Å². The number of ether oxygens (including phenoxy) is 2. The van der Waals surface area contributed by atoms with Crippen molar-refractivity contribution in [3.05, 3.63) is 23.8 Å². The van der Waals surface area contributed by atoms with Gasteiger partial charge in [-0.2, -0.15) is 4.31 Å².